The Morgan fingerprint density at radius 3 is 3.04 bits per heavy atom. The van der Waals surface area contributed by atoms with Gasteiger partial charge in [-0.05, 0) is 34.7 Å². The van der Waals surface area contributed by atoms with Crippen molar-refractivity contribution in [2.75, 3.05) is 5.73 Å². The number of nitrogens with two attached hydrogens (primary N) is 1. The number of hydrogen-bond acceptors (Lipinski definition) is 7. The molecule has 3 aromatic rings. The molecule has 0 saturated carbocycles. The first-order chi connectivity index (χ1) is 11.6. The Morgan fingerprint density at radius 2 is 2.29 bits per heavy atom. The summed E-state index contributed by atoms with van der Waals surface area (Å²) in [7, 11) is 0. The lowest BCUT2D eigenvalue weighted by atomic mass is 10.2. The molecule has 0 fully saturated rings. The lowest BCUT2D eigenvalue weighted by Gasteiger charge is -1.99. The van der Waals surface area contributed by atoms with Crippen LogP contribution in [0.1, 0.15) is 5.76 Å². The highest BCUT2D eigenvalue weighted by Gasteiger charge is 2.07. The molecule has 1 amide bonds. The van der Waals surface area contributed by atoms with Crippen LogP contribution in [-0.4, -0.2) is 32.3 Å². The average Bonchev–Trinajstić information content (AvgIpc) is 3.17. The van der Waals surface area contributed by atoms with E-state index in [2.05, 4.69) is 26.1 Å². The van der Waals surface area contributed by atoms with E-state index in [1.54, 1.807) is 24.3 Å². The molecule has 0 aliphatic heterocycles. The van der Waals surface area contributed by atoms with Gasteiger partial charge in [0.15, 0.2) is 0 Å². The van der Waals surface area contributed by atoms with Crippen LogP contribution in [0, 0.1) is 0 Å². The Labute approximate surface area is 141 Å². The molecule has 9 nitrogen and oxygen atoms in total. The van der Waals surface area contributed by atoms with Gasteiger partial charge in [0, 0.05) is 10.6 Å². The third kappa shape index (κ3) is 3.76. The first-order valence-corrected chi connectivity index (χ1v) is 7.19. The fourth-order valence-electron chi connectivity index (χ4n) is 1.88. The van der Waals surface area contributed by atoms with Gasteiger partial charge in [0.25, 0.3) is 5.91 Å². The second kappa shape index (κ2) is 6.92. The molecule has 122 valence electrons. The number of benzene rings is 1. The summed E-state index contributed by atoms with van der Waals surface area (Å²) in [6.45, 7) is -0.137. The van der Waals surface area contributed by atoms with E-state index in [1.807, 2.05) is 12.1 Å². The molecule has 0 radical (unpaired) electrons. The highest BCUT2D eigenvalue weighted by atomic mass is 35.5. The van der Waals surface area contributed by atoms with Gasteiger partial charge in [0.1, 0.15) is 18.1 Å². The number of hydrazone groups is 1. The fourth-order valence-corrected chi connectivity index (χ4v) is 2.07. The molecule has 3 rings (SSSR count). The maximum atomic E-state index is 11.7. The Balaban J connectivity index is 1.59. The van der Waals surface area contributed by atoms with Gasteiger partial charge in [-0.15, -0.1) is 0 Å². The Bertz CT molecular complexity index is 887. The van der Waals surface area contributed by atoms with Crippen LogP contribution in [0.2, 0.25) is 5.02 Å². The minimum absolute atomic E-state index is 0.0475. The lowest BCUT2D eigenvalue weighted by Crippen LogP contribution is -2.24. The monoisotopic (exact) mass is 345 g/mol. The molecule has 0 aliphatic carbocycles. The van der Waals surface area contributed by atoms with Crippen molar-refractivity contribution >= 4 is 29.7 Å². The summed E-state index contributed by atoms with van der Waals surface area (Å²) in [5, 5.41) is 14.8. The predicted octanol–water partition coefficient (Wildman–Crippen LogP) is 1.32. The second-order valence-electron chi connectivity index (χ2n) is 4.70. The van der Waals surface area contributed by atoms with Crippen molar-refractivity contribution in [3.8, 4) is 11.3 Å². The van der Waals surface area contributed by atoms with Crippen molar-refractivity contribution < 1.29 is 9.21 Å². The van der Waals surface area contributed by atoms with Crippen molar-refractivity contribution in [1.29, 1.82) is 0 Å². The van der Waals surface area contributed by atoms with Crippen LogP contribution in [0.5, 0.6) is 0 Å². The summed E-state index contributed by atoms with van der Waals surface area (Å²) in [5.74, 6) is 0.747. The molecule has 24 heavy (non-hydrogen) atoms. The highest BCUT2D eigenvalue weighted by Crippen LogP contribution is 2.24. The summed E-state index contributed by atoms with van der Waals surface area (Å²) in [5.41, 5.74) is 8.64. The normalized spacial score (nSPS) is 11.0. The van der Waals surface area contributed by atoms with E-state index in [1.165, 1.54) is 6.21 Å². The van der Waals surface area contributed by atoms with Gasteiger partial charge < -0.3 is 10.2 Å². The number of aromatic nitrogens is 4. The average molecular weight is 346 g/mol. The molecule has 2 heterocycles. The molecule has 0 spiro atoms. The van der Waals surface area contributed by atoms with Crippen LogP contribution < -0.4 is 11.2 Å². The van der Waals surface area contributed by atoms with Gasteiger partial charge in [-0.3, -0.25) is 4.79 Å². The molecule has 2 aromatic heterocycles. The maximum absolute atomic E-state index is 11.7. The van der Waals surface area contributed by atoms with Gasteiger partial charge in [0.2, 0.25) is 5.95 Å². The number of furan rings is 1. The number of nitrogens with one attached hydrogen (secondary N) is 1. The van der Waals surface area contributed by atoms with Crippen LogP contribution in [0.25, 0.3) is 11.3 Å². The molecule has 10 heteroatoms. The number of rotatable bonds is 5. The topological polar surface area (TPSA) is 124 Å². The number of nitrogen functional groups attached to an aromatic ring is 1. The molecule has 0 bridgehead atoms. The van der Waals surface area contributed by atoms with Crippen LogP contribution >= 0.6 is 11.6 Å². The molecule has 0 unspecified atom stereocenters. The lowest BCUT2D eigenvalue weighted by molar-refractivity contribution is -0.121. The standard InChI is InChI=1S/C14H12ClN7O2/c15-10-3-1-2-9(6-10)12-5-4-11(24-12)7-17-18-13(23)8-22-14(16)19-20-21-22/h1-7H,8H2,(H,18,23)(H2,16,19,21)/b17-7+. The first kappa shape index (κ1) is 15.7. The van der Waals surface area contributed by atoms with Gasteiger partial charge in [-0.25, -0.2) is 10.1 Å². The molecule has 3 N–H and O–H groups in total. The summed E-state index contributed by atoms with van der Waals surface area (Å²) in [4.78, 5) is 11.7. The third-order valence-corrected chi connectivity index (χ3v) is 3.21. The first-order valence-electron chi connectivity index (χ1n) is 6.81. The number of anilines is 1. The number of hydrogen-bond donors (Lipinski definition) is 2. The van der Waals surface area contributed by atoms with Gasteiger partial charge in [-0.1, -0.05) is 28.8 Å². The van der Waals surface area contributed by atoms with Crippen molar-refractivity contribution in [3.63, 3.8) is 0 Å². The zero-order chi connectivity index (χ0) is 16.9. The highest BCUT2D eigenvalue weighted by molar-refractivity contribution is 6.30. The van der Waals surface area contributed by atoms with E-state index < -0.39 is 5.91 Å². The van der Waals surface area contributed by atoms with Crippen LogP contribution in [0.3, 0.4) is 0 Å². The SMILES string of the molecule is Nc1nnnn1CC(=O)N/N=C/c1ccc(-c2cccc(Cl)c2)o1. The largest absolute Gasteiger partial charge is 0.455 e. The van der Waals surface area contributed by atoms with Crippen molar-refractivity contribution in [3.05, 3.63) is 47.2 Å². The molecule has 0 aliphatic rings. The third-order valence-electron chi connectivity index (χ3n) is 2.97. The van der Waals surface area contributed by atoms with E-state index in [9.17, 15) is 4.79 Å². The van der Waals surface area contributed by atoms with E-state index in [4.69, 9.17) is 21.8 Å². The number of carbonyl (C=O) groups excluding carboxylic acids is 1. The van der Waals surface area contributed by atoms with Crippen molar-refractivity contribution in [1.82, 2.24) is 25.6 Å². The number of halogens is 1. The number of tetrazole rings is 1. The molecule has 1 aromatic carbocycles. The Kier molecular flexibility index (Phi) is 4.52. The van der Waals surface area contributed by atoms with E-state index in [0.717, 1.165) is 10.2 Å². The van der Waals surface area contributed by atoms with Gasteiger partial charge >= 0.3 is 0 Å². The van der Waals surface area contributed by atoms with E-state index >= 15 is 0 Å². The summed E-state index contributed by atoms with van der Waals surface area (Å²) >= 11 is 5.95. The zero-order valence-electron chi connectivity index (χ0n) is 12.3. The molecular formula is C14H12ClN7O2. The van der Waals surface area contributed by atoms with Crippen LogP contribution in [0.15, 0.2) is 45.9 Å². The van der Waals surface area contributed by atoms with Gasteiger partial charge in [-0.2, -0.15) is 5.10 Å². The zero-order valence-corrected chi connectivity index (χ0v) is 13.0. The minimum Gasteiger partial charge on any atom is -0.455 e. The van der Waals surface area contributed by atoms with Crippen molar-refractivity contribution in [2.45, 2.75) is 6.54 Å². The molecular weight excluding hydrogens is 334 g/mol. The van der Waals surface area contributed by atoms with Crippen LogP contribution in [0.4, 0.5) is 5.95 Å². The Hall–Kier alpha value is -3.20. The van der Waals surface area contributed by atoms with Crippen molar-refractivity contribution in [2.24, 2.45) is 5.10 Å². The number of nitrogens with zero attached hydrogens (tertiary/aromatic N) is 5. The van der Waals surface area contributed by atoms with Gasteiger partial charge in [0.05, 0.1) is 6.21 Å². The summed E-state index contributed by atoms with van der Waals surface area (Å²) in [6, 6.07) is 10.8. The van der Waals surface area contributed by atoms with E-state index in [-0.39, 0.29) is 12.5 Å². The second-order valence-corrected chi connectivity index (χ2v) is 5.14. The molecule has 0 saturated heterocycles. The molecule has 0 atom stereocenters. The summed E-state index contributed by atoms with van der Waals surface area (Å²) in [6.07, 6.45) is 1.38. The predicted molar refractivity (Wildman–Crippen MR) is 87.1 cm³/mol. The van der Waals surface area contributed by atoms with Crippen LogP contribution in [-0.2, 0) is 11.3 Å². The fraction of sp³-hybridized carbons (Fsp3) is 0.0714. The van der Waals surface area contributed by atoms with E-state index in [0.29, 0.717) is 16.5 Å². The maximum Gasteiger partial charge on any atom is 0.261 e. The number of amides is 1. The smallest absolute Gasteiger partial charge is 0.261 e. The quantitative estimate of drug-likeness (QED) is 0.530. The Morgan fingerprint density at radius 1 is 1.42 bits per heavy atom. The number of carbonyl (C=O) groups is 1. The summed E-state index contributed by atoms with van der Waals surface area (Å²) < 4.78 is 6.76. The minimum atomic E-state index is -0.424.